The van der Waals surface area contributed by atoms with Crippen LogP contribution in [0, 0.1) is 0 Å². The van der Waals surface area contributed by atoms with Gasteiger partial charge in [0.15, 0.2) is 0 Å². The van der Waals surface area contributed by atoms with E-state index in [0.717, 1.165) is 44.1 Å². The Labute approximate surface area is 93.1 Å². The van der Waals surface area contributed by atoms with Crippen LogP contribution in [0.3, 0.4) is 0 Å². The van der Waals surface area contributed by atoms with Gasteiger partial charge in [0.05, 0.1) is 0 Å². The lowest BCUT2D eigenvalue weighted by atomic mass is 10.3. The zero-order valence-electron chi connectivity index (χ0n) is 8.28. The maximum Gasteiger partial charge on any atom is -0.000671 e. The maximum absolute atomic E-state index is 5.48. The van der Waals surface area contributed by atoms with E-state index < -0.39 is 0 Å². The number of hydrogen-bond acceptors (Lipinski definition) is 4. The van der Waals surface area contributed by atoms with Crippen LogP contribution in [0.5, 0.6) is 0 Å². The monoisotopic (exact) mass is 222 g/mol. The summed E-state index contributed by atoms with van der Waals surface area (Å²) in [6.07, 6.45) is 3.43. The van der Waals surface area contributed by atoms with Crippen molar-refractivity contribution in [3.8, 4) is 0 Å². The molecule has 80 valence electrons. The second-order valence-electron chi connectivity index (χ2n) is 3.14. The van der Waals surface area contributed by atoms with Crippen LogP contribution >= 0.6 is 25.3 Å². The summed E-state index contributed by atoms with van der Waals surface area (Å²) in [5, 5.41) is 0. The summed E-state index contributed by atoms with van der Waals surface area (Å²) < 4.78 is 0. The molecule has 0 heterocycles. The van der Waals surface area contributed by atoms with Crippen molar-refractivity contribution in [2.24, 2.45) is 5.73 Å². The molecule has 0 aliphatic rings. The molecular weight excluding hydrogens is 200 g/mol. The normalized spacial score (nSPS) is 11.1. The van der Waals surface area contributed by atoms with Crippen LogP contribution in [0.2, 0.25) is 0 Å². The van der Waals surface area contributed by atoms with Crippen molar-refractivity contribution in [1.82, 2.24) is 4.90 Å². The molecule has 0 aromatic heterocycles. The van der Waals surface area contributed by atoms with Gasteiger partial charge in [0.2, 0.25) is 0 Å². The van der Waals surface area contributed by atoms with Crippen molar-refractivity contribution in [3.05, 3.63) is 0 Å². The Balaban J connectivity index is 3.47. The van der Waals surface area contributed by atoms with Gasteiger partial charge in [-0.2, -0.15) is 25.3 Å². The van der Waals surface area contributed by atoms with Gasteiger partial charge in [-0.05, 0) is 56.9 Å². The Kier molecular flexibility index (Phi) is 11.2. The molecule has 0 saturated carbocycles. The highest BCUT2D eigenvalue weighted by atomic mass is 32.1. The molecule has 0 amide bonds. The largest absolute Gasteiger partial charge is 0.330 e. The van der Waals surface area contributed by atoms with Gasteiger partial charge in [-0.25, -0.2) is 0 Å². The third kappa shape index (κ3) is 8.94. The molecule has 0 radical (unpaired) electrons. The second-order valence-corrected chi connectivity index (χ2v) is 4.03. The van der Waals surface area contributed by atoms with Crippen LogP contribution in [0.1, 0.15) is 19.3 Å². The Morgan fingerprint density at radius 3 is 1.69 bits per heavy atom. The quantitative estimate of drug-likeness (QED) is 0.513. The minimum atomic E-state index is 0.790. The van der Waals surface area contributed by atoms with Crippen molar-refractivity contribution >= 4 is 25.3 Å². The van der Waals surface area contributed by atoms with Crippen LogP contribution in [-0.2, 0) is 0 Å². The number of nitrogens with two attached hydrogens (primary N) is 1. The summed E-state index contributed by atoms with van der Waals surface area (Å²) >= 11 is 8.42. The molecular formula is C9H22N2S2. The minimum Gasteiger partial charge on any atom is -0.330 e. The molecule has 0 fully saturated rings. The molecule has 0 bridgehead atoms. The van der Waals surface area contributed by atoms with E-state index >= 15 is 0 Å². The summed E-state index contributed by atoms with van der Waals surface area (Å²) in [6.45, 7) is 4.21. The fourth-order valence-corrected chi connectivity index (χ4v) is 1.52. The molecule has 0 aliphatic heterocycles. The van der Waals surface area contributed by atoms with Crippen LogP contribution in [0.4, 0.5) is 0 Å². The third-order valence-electron chi connectivity index (χ3n) is 1.94. The summed E-state index contributed by atoms with van der Waals surface area (Å²) in [7, 11) is 0. The van der Waals surface area contributed by atoms with E-state index in [1.807, 2.05) is 0 Å². The van der Waals surface area contributed by atoms with E-state index in [1.54, 1.807) is 0 Å². The van der Waals surface area contributed by atoms with Gasteiger partial charge in [0.1, 0.15) is 0 Å². The first kappa shape index (κ1) is 13.6. The highest BCUT2D eigenvalue weighted by Gasteiger charge is 2.02. The first-order chi connectivity index (χ1) is 6.35. The van der Waals surface area contributed by atoms with Crippen molar-refractivity contribution in [1.29, 1.82) is 0 Å². The molecule has 0 atom stereocenters. The minimum absolute atomic E-state index is 0.790. The predicted octanol–water partition coefficient (Wildman–Crippen LogP) is 1.28. The Hall–Kier alpha value is 0.620. The van der Waals surface area contributed by atoms with Crippen LogP contribution in [-0.4, -0.2) is 42.6 Å². The lowest BCUT2D eigenvalue weighted by Gasteiger charge is -2.21. The highest BCUT2D eigenvalue weighted by Crippen LogP contribution is 1.98. The number of rotatable bonds is 9. The topological polar surface area (TPSA) is 29.3 Å². The summed E-state index contributed by atoms with van der Waals surface area (Å²) in [5.41, 5.74) is 5.48. The maximum atomic E-state index is 5.48. The van der Waals surface area contributed by atoms with Gasteiger partial charge in [-0.1, -0.05) is 0 Å². The molecule has 13 heavy (non-hydrogen) atoms. The Morgan fingerprint density at radius 2 is 1.31 bits per heavy atom. The molecule has 0 saturated heterocycles. The summed E-state index contributed by atoms with van der Waals surface area (Å²) in [6, 6.07) is 0. The molecule has 0 spiro atoms. The van der Waals surface area contributed by atoms with Crippen LogP contribution < -0.4 is 5.73 Å². The highest BCUT2D eigenvalue weighted by molar-refractivity contribution is 7.80. The van der Waals surface area contributed by atoms with Crippen LogP contribution in [0.15, 0.2) is 0 Å². The van der Waals surface area contributed by atoms with Crippen molar-refractivity contribution in [2.75, 3.05) is 37.7 Å². The van der Waals surface area contributed by atoms with E-state index in [0.29, 0.717) is 0 Å². The fourth-order valence-electron chi connectivity index (χ4n) is 1.24. The molecule has 0 aromatic rings. The van der Waals surface area contributed by atoms with Gasteiger partial charge in [-0.15, -0.1) is 0 Å². The lowest BCUT2D eigenvalue weighted by molar-refractivity contribution is 0.274. The van der Waals surface area contributed by atoms with E-state index in [-0.39, 0.29) is 0 Å². The molecule has 0 aromatic carbocycles. The average molecular weight is 222 g/mol. The van der Waals surface area contributed by atoms with Crippen molar-refractivity contribution < 1.29 is 0 Å². The van der Waals surface area contributed by atoms with E-state index in [4.69, 9.17) is 5.73 Å². The van der Waals surface area contributed by atoms with Crippen molar-refractivity contribution in [2.45, 2.75) is 19.3 Å². The van der Waals surface area contributed by atoms with Gasteiger partial charge >= 0.3 is 0 Å². The van der Waals surface area contributed by atoms with E-state index in [1.165, 1.54) is 12.8 Å². The Bertz CT molecular complexity index is 82.6. The summed E-state index contributed by atoms with van der Waals surface area (Å²) in [5.74, 6) is 1.94. The predicted molar refractivity (Wildman–Crippen MR) is 67.1 cm³/mol. The molecule has 2 nitrogen and oxygen atoms in total. The molecule has 0 aliphatic carbocycles. The van der Waals surface area contributed by atoms with Gasteiger partial charge < -0.3 is 10.6 Å². The molecule has 0 rings (SSSR count). The zero-order chi connectivity index (χ0) is 9.94. The van der Waals surface area contributed by atoms with E-state index in [9.17, 15) is 0 Å². The third-order valence-corrected chi connectivity index (χ3v) is 2.58. The average Bonchev–Trinajstić information content (AvgIpc) is 2.17. The SMILES string of the molecule is NCCCN(CCCS)CCCS. The lowest BCUT2D eigenvalue weighted by Crippen LogP contribution is -2.29. The second kappa shape index (κ2) is 10.7. The summed E-state index contributed by atoms with van der Waals surface area (Å²) in [4.78, 5) is 2.46. The number of hydrogen-bond donors (Lipinski definition) is 3. The molecule has 4 heteroatoms. The Morgan fingerprint density at radius 1 is 0.846 bits per heavy atom. The smallest absolute Gasteiger partial charge is 0.000671 e. The van der Waals surface area contributed by atoms with Gasteiger partial charge in [0.25, 0.3) is 0 Å². The fraction of sp³-hybridized carbons (Fsp3) is 1.00. The van der Waals surface area contributed by atoms with E-state index in [2.05, 4.69) is 30.2 Å². The standard InChI is InChI=1S/C9H22N2S2/c10-4-1-5-11(6-2-8-12)7-3-9-13/h12-13H,1-10H2. The van der Waals surface area contributed by atoms with Crippen molar-refractivity contribution in [3.63, 3.8) is 0 Å². The zero-order valence-corrected chi connectivity index (χ0v) is 10.1. The molecule has 2 N–H and O–H groups in total. The van der Waals surface area contributed by atoms with Gasteiger partial charge in [0, 0.05) is 0 Å². The first-order valence-electron chi connectivity index (χ1n) is 4.99. The first-order valence-corrected chi connectivity index (χ1v) is 6.25. The van der Waals surface area contributed by atoms with Crippen LogP contribution in [0.25, 0.3) is 0 Å². The number of nitrogens with zero attached hydrogens (tertiary/aromatic N) is 1. The number of thiol groups is 2. The van der Waals surface area contributed by atoms with Gasteiger partial charge in [-0.3, -0.25) is 0 Å². The molecule has 0 unspecified atom stereocenters.